The molecule has 1 aliphatic rings. The fourth-order valence-electron chi connectivity index (χ4n) is 6.36. The van der Waals surface area contributed by atoms with E-state index in [-0.39, 0.29) is 12.8 Å². The number of carbonyl (C=O) groups excluding carboxylic acids is 1. The van der Waals surface area contributed by atoms with Gasteiger partial charge in [-0.25, -0.2) is 0 Å². The van der Waals surface area contributed by atoms with E-state index in [4.69, 9.17) is 9.47 Å². The largest absolute Gasteiger partial charge is 0.394 e. The maximum absolute atomic E-state index is 13.0. The maximum atomic E-state index is 13.0. The molecule has 0 aromatic rings. The van der Waals surface area contributed by atoms with Gasteiger partial charge in [-0.2, -0.15) is 0 Å². The number of amides is 1. The highest BCUT2D eigenvalue weighted by atomic mass is 16.7. The highest BCUT2D eigenvalue weighted by Crippen LogP contribution is 2.23. The van der Waals surface area contributed by atoms with Crippen molar-refractivity contribution in [1.82, 2.24) is 5.32 Å². The van der Waals surface area contributed by atoms with Crippen LogP contribution in [0.25, 0.3) is 0 Å². The summed E-state index contributed by atoms with van der Waals surface area (Å²) in [5.74, 6) is -0.777. The number of aliphatic hydroxyl groups excluding tert-OH is 7. The maximum Gasteiger partial charge on any atom is 0.249 e. The lowest BCUT2D eigenvalue weighted by molar-refractivity contribution is -0.303. The van der Waals surface area contributed by atoms with E-state index in [1.54, 1.807) is 6.08 Å². The summed E-state index contributed by atoms with van der Waals surface area (Å²) in [6.45, 7) is 3.34. The number of unbranched alkanes of at least 4 members (excludes halogenated alkanes) is 16. The highest BCUT2D eigenvalue weighted by molar-refractivity contribution is 5.81. The first-order valence-corrected chi connectivity index (χ1v) is 20.9. The minimum atomic E-state index is -1.68. The smallest absolute Gasteiger partial charge is 0.249 e. The zero-order chi connectivity index (χ0) is 39.1. The topological polar surface area (TPSA) is 189 Å². The third-order valence-corrected chi connectivity index (χ3v) is 9.93. The van der Waals surface area contributed by atoms with Gasteiger partial charge in [0.15, 0.2) is 6.29 Å². The number of nitrogens with one attached hydrogen (secondary N) is 1. The van der Waals surface area contributed by atoms with Gasteiger partial charge in [0.2, 0.25) is 5.91 Å². The van der Waals surface area contributed by atoms with Crippen molar-refractivity contribution in [3.05, 3.63) is 36.5 Å². The molecule has 1 aliphatic heterocycles. The number of rotatable bonds is 33. The van der Waals surface area contributed by atoms with Crippen molar-refractivity contribution in [2.75, 3.05) is 13.2 Å². The van der Waals surface area contributed by atoms with Gasteiger partial charge in [0.05, 0.1) is 25.4 Å². The van der Waals surface area contributed by atoms with Gasteiger partial charge in [-0.15, -0.1) is 0 Å². The second kappa shape index (κ2) is 32.6. The van der Waals surface area contributed by atoms with Crippen LogP contribution in [0.1, 0.15) is 155 Å². The normalized spacial score (nSPS) is 23.2. The third kappa shape index (κ3) is 23.1. The molecule has 0 bridgehead atoms. The first-order chi connectivity index (χ1) is 25.7. The van der Waals surface area contributed by atoms with Gasteiger partial charge in [0.1, 0.15) is 36.6 Å². The van der Waals surface area contributed by atoms with E-state index in [2.05, 4.69) is 43.5 Å². The predicted octanol–water partition coefficient (Wildman–Crippen LogP) is 5.66. The Labute approximate surface area is 320 Å². The van der Waals surface area contributed by atoms with Crippen LogP contribution in [0.5, 0.6) is 0 Å². The molecule has 9 unspecified atom stereocenters. The van der Waals surface area contributed by atoms with E-state index in [0.717, 1.165) is 25.7 Å². The molecular formula is C42H77NO10. The summed E-state index contributed by atoms with van der Waals surface area (Å²) in [6, 6.07) is -1.21. The Kier molecular flexibility index (Phi) is 30.3. The molecule has 1 saturated heterocycles. The van der Waals surface area contributed by atoms with Crippen molar-refractivity contribution in [2.24, 2.45) is 0 Å². The zero-order valence-corrected chi connectivity index (χ0v) is 33.0. The van der Waals surface area contributed by atoms with Crippen LogP contribution in [0, 0.1) is 0 Å². The average molecular weight is 756 g/mol. The molecule has 1 rings (SSSR count). The summed E-state index contributed by atoms with van der Waals surface area (Å²) in [5.41, 5.74) is 0. The summed E-state index contributed by atoms with van der Waals surface area (Å²) in [4.78, 5) is 13.0. The summed E-state index contributed by atoms with van der Waals surface area (Å²) < 4.78 is 11.0. The Morgan fingerprint density at radius 3 is 1.75 bits per heavy atom. The van der Waals surface area contributed by atoms with Gasteiger partial charge in [0, 0.05) is 6.42 Å². The molecular weight excluding hydrogens is 678 g/mol. The molecule has 9 atom stereocenters. The lowest BCUT2D eigenvalue weighted by Gasteiger charge is -2.40. The average Bonchev–Trinajstić information content (AvgIpc) is 3.16. The highest BCUT2D eigenvalue weighted by Gasteiger charge is 2.44. The molecule has 0 aliphatic carbocycles. The molecule has 310 valence electrons. The molecule has 0 aromatic heterocycles. The second-order valence-corrected chi connectivity index (χ2v) is 14.7. The minimum absolute atomic E-state index is 0.0431. The van der Waals surface area contributed by atoms with Gasteiger partial charge in [-0.1, -0.05) is 134 Å². The summed E-state index contributed by atoms with van der Waals surface area (Å²) in [7, 11) is 0. The second-order valence-electron chi connectivity index (χ2n) is 14.7. The van der Waals surface area contributed by atoms with Gasteiger partial charge in [-0.05, 0) is 51.4 Å². The molecule has 0 aromatic carbocycles. The van der Waals surface area contributed by atoms with Crippen LogP contribution in [0.2, 0.25) is 0 Å². The summed E-state index contributed by atoms with van der Waals surface area (Å²) in [6.07, 6.45) is 23.7. The quantitative estimate of drug-likeness (QED) is 0.0307. The molecule has 11 nitrogen and oxygen atoms in total. The van der Waals surface area contributed by atoms with Crippen molar-refractivity contribution in [1.29, 1.82) is 0 Å². The van der Waals surface area contributed by atoms with E-state index in [1.807, 2.05) is 6.08 Å². The minimum Gasteiger partial charge on any atom is -0.394 e. The van der Waals surface area contributed by atoms with Crippen LogP contribution in [0.15, 0.2) is 36.5 Å². The number of carbonyl (C=O) groups is 1. The lowest BCUT2D eigenvalue weighted by Crippen LogP contribution is -2.60. The molecule has 53 heavy (non-hydrogen) atoms. The Morgan fingerprint density at radius 1 is 0.679 bits per heavy atom. The SMILES string of the molecule is CCCCCCCC/C=C\C/C=C\CC(O)C(=O)NC(COC1OC(CO)C(O)C(O)C1O)C(O)C(O)CCC/C=C/CCCCCCCCCCC. The number of allylic oxidation sites excluding steroid dienone is 5. The molecule has 11 heteroatoms. The fraction of sp³-hybridized carbons (Fsp3) is 0.833. The first kappa shape index (κ1) is 49.3. The van der Waals surface area contributed by atoms with Crippen LogP contribution in [-0.2, 0) is 14.3 Å². The molecule has 8 N–H and O–H groups in total. The fourth-order valence-corrected chi connectivity index (χ4v) is 6.36. The summed E-state index contributed by atoms with van der Waals surface area (Å²) in [5, 5.41) is 75.2. The lowest BCUT2D eigenvalue weighted by atomic mass is 9.99. The molecule has 1 heterocycles. The van der Waals surface area contributed by atoms with Gasteiger partial charge in [0.25, 0.3) is 0 Å². The van der Waals surface area contributed by atoms with Crippen molar-refractivity contribution >= 4 is 5.91 Å². The number of aliphatic hydroxyl groups is 7. The standard InChI is InChI=1S/C42H77NO10/c1-3-5-7-9-11-13-15-17-18-20-21-23-25-27-29-34(45)37(47)33(32-52-42-40(50)39(49)38(48)36(31-44)53-42)43-41(51)35(46)30-28-26-24-22-19-16-14-12-10-8-6-4-2/h19,21-23,26,28,33-40,42,44-50H,3-18,20,24-25,27,29-32H2,1-2H3,(H,43,51)/b22-19-,23-21+,28-26-. The van der Waals surface area contributed by atoms with Crippen LogP contribution in [-0.4, -0.2) is 110 Å². The van der Waals surface area contributed by atoms with Gasteiger partial charge >= 0.3 is 0 Å². The van der Waals surface area contributed by atoms with Crippen LogP contribution >= 0.6 is 0 Å². The van der Waals surface area contributed by atoms with Crippen molar-refractivity contribution in [2.45, 2.75) is 210 Å². The Balaban J connectivity index is 2.60. The van der Waals surface area contributed by atoms with Crippen molar-refractivity contribution in [3.8, 4) is 0 Å². The van der Waals surface area contributed by atoms with Crippen molar-refractivity contribution in [3.63, 3.8) is 0 Å². The number of hydrogen-bond donors (Lipinski definition) is 8. The molecule has 1 fully saturated rings. The Morgan fingerprint density at radius 2 is 1.19 bits per heavy atom. The molecule has 0 radical (unpaired) electrons. The van der Waals surface area contributed by atoms with E-state index < -0.39 is 74.2 Å². The van der Waals surface area contributed by atoms with Crippen LogP contribution in [0.4, 0.5) is 0 Å². The van der Waals surface area contributed by atoms with E-state index >= 15 is 0 Å². The molecule has 0 saturated carbocycles. The summed E-state index contributed by atoms with van der Waals surface area (Å²) >= 11 is 0. The van der Waals surface area contributed by atoms with E-state index in [1.165, 1.54) is 89.9 Å². The van der Waals surface area contributed by atoms with Gasteiger partial charge in [-0.3, -0.25) is 4.79 Å². The van der Waals surface area contributed by atoms with Crippen molar-refractivity contribution < 1.29 is 50.0 Å². The van der Waals surface area contributed by atoms with Crippen LogP contribution in [0.3, 0.4) is 0 Å². The number of hydrogen-bond acceptors (Lipinski definition) is 10. The van der Waals surface area contributed by atoms with Crippen LogP contribution < -0.4 is 5.32 Å². The molecule has 0 spiro atoms. The predicted molar refractivity (Wildman–Crippen MR) is 210 cm³/mol. The zero-order valence-electron chi connectivity index (χ0n) is 33.0. The van der Waals surface area contributed by atoms with E-state index in [9.17, 15) is 40.5 Å². The molecule has 1 amide bonds. The van der Waals surface area contributed by atoms with E-state index in [0.29, 0.717) is 12.8 Å². The Hall–Kier alpha value is -1.67. The monoisotopic (exact) mass is 756 g/mol. The Bertz CT molecular complexity index is 960. The van der Waals surface area contributed by atoms with Gasteiger partial charge < -0.3 is 50.5 Å². The third-order valence-electron chi connectivity index (χ3n) is 9.93. The first-order valence-electron chi connectivity index (χ1n) is 20.9. The number of ether oxygens (including phenoxy) is 2.